The largest absolute Gasteiger partial charge is 0.477 e. The maximum atomic E-state index is 11.4. The van der Waals surface area contributed by atoms with Crippen LogP contribution in [0.3, 0.4) is 0 Å². The minimum absolute atomic E-state index is 0.247. The minimum atomic E-state index is -1.25. The third kappa shape index (κ3) is 1.93. The average molecular weight is 232 g/mol. The van der Waals surface area contributed by atoms with Crippen molar-refractivity contribution in [3.8, 4) is 11.3 Å². The number of rotatable bonds is 2. The lowest BCUT2D eigenvalue weighted by atomic mass is 10.0. The van der Waals surface area contributed by atoms with E-state index in [0.29, 0.717) is 11.3 Å². The van der Waals surface area contributed by atoms with Gasteiger partial charge in [0.05, 0.1) is 0 Å². The van der Waals surface area contributed by atoms with Gasteiger partial charge in [-0.15, -0.1) is 0 Å². The molecule has 2 rings (SSSR count). The maximum absolute atomic E-state index is 11.4. The molecule has 88 valence electrons. The lowest BCUT2D eigenvalue weighted by Gasteiger charge is -2.01. The molecule has 1 heterocycles. The molecule has 17 heavy (non-hydrogen) atoms. The highest BCUT2D eigenvalue weighted by Gasteiger charge is 2.22. The van der Waals surface area contributed by atoms with E-state index < -0.39 is 11.6 Å². The molecule has 0 atom stereocenters. The van der Waals surface area contributed by atoms with Gasteiger partial charge >= 0.3 is 11.6 Å². The molecule has 2 aliphatic rings. The Labute approximate surface area is 97.8 Å². The summed E-state index contributed by atoms with van der Waals surface area (Å²) in [5.41, 5.74) is 0.228. The van der Waals surface area contributed by atoms with E-state index in [-0.39, 0.29) is 11.5 Å². The Hall–Kier alpha value is -2.10. The molecule has 0 aromatic rings. The number of hydrogen-bond donors (Lipinski definition) is 1. The van der Waals surface area contributed by atoms with Crippen molar-refractivity contribution in [1.82, 2.24) is 0 Å². The van der Waals surface area contributed by atoms with Gasteiger partial charge < -0.3 is 9.52 Å². The summed E-state index contributed by atoms with van der Waals surface area (Å²) in [6.45, 7) is 4.00. The Morgan fingerprint density at radius 2 is 2.06 bits per heavy atom. The second-order valence-corrected chi connectivity index (χ2v) is 4.17. The highest BCUT2D eigenvalue weighted by Crippen LogP contribution is 2.27. The van der Waals surface area contributed by atoms with Crippen LogP contribution in [0.4, 0.5) is 0 Å². The number of hydrogen-bond acceptors (Lipinski definition) is 3. The summed E-state index contributed by atoms with van der Waals surface area (Å²) in [6, 6.07) is 6.95. The Balaban J connectivity index is 2.79. The van der Waals surface area contributed by atoms with Crippen LogP contribution in [0.2, 0.25) is 0 Å². The Kier molecular flexibility index (Phi) is 2.71. The number of carboxylic acids is 1. The highest BCUT2D eigenvalue weighted by molar-refractivity contribution is 5.95. The molecule has 0 unspecified atom stereocenters. The minimum Gasteiger partial charge on any atom is -0.477 e. The van der Waals surface area contributed by atoms with Crippen molar-refractivity contribution in [2.45, 2.75) is 19.8 Å². The van der Waals surface area contributed by atoms with Gasteiger partial charge in [0.25, 0.3) is 0 Å². The van der Waals surface area contributed by atoms with Crippen LogP contribution >= 0.6 is 0 Å². The first-order chi connectivity index (χ1) is 8.00. The average Bonchev–Trinajstić information content (AvgIpc) is 2.42. The Bertz CT molecular complexity index is 595. The first-order valence-corrected chi connectivity index (χ1v) is 5.30. The standard InChI is InChI=1S/C13H12O4/c1-7(2)8-4-3-5-10-9(6-8)11(12(14)15)13(16)17-10/h3-7H,1-2H3,(H,14,15). The van der Waals surface area contributed by atoms with Crippen molar-refractivity contribution < 1.29 is 14.3 Å². The van der Waals surface area contributed by atoms with Crippen LogP contribution < -0.4 is 5.63 Å². The van der Waals surface area contributed by atoms with Gasteiger partial charge in [-0.1, -0.05) is 26.0 Å². The number of furan rings is 1. The lowest BCUT2D eigenvalue weighted by Crippen LogP contribution is -2.08. The van der Waals surface area contributed by atoms with Crippen molar-refractivity contribution in [2.75, 3.05) is 0 Å². The number of carbonyl (C=O) groups is 1. The zero-order valence-corrected chi connectivity index (χ0v) is 9.56. The molecule has 1 aliphatic heterocycles. The van der Waals surface area contributed by atoms with Crippen molar-refractivity contribution in [2.24, 2.45) is 0 Å². The number of fused-ring (bicyclic) bond motifs is 1. The normalized spacial score (nSPS) is 11.0. The van der Waals surface area contributed by atoms with Gasteiger partial charge in [-0.05, 0) is 23.6 Å². The van der Waals surface area contributed by atoms with Gasteiger partial charge in [-0.3, -0.25) is 0 Å². The molecule has 0 aromatic carbocycles. The lowest BCUT2D eigenvalue weighted by molar-refractivity contribution is 0.0695. The predicted molar refractivity (Wildman–Crippen MR) is 62.6 cm³/mol. The molecule has 0 amide bonds. The van der Waals surface area contributed by atoms with Crippen molar-refractivity contribution in [3.05, 3.63) is 45.8 Å². The van der Waals surface area contributed by atoms with E-state index >= 15 is 0 Å². The molecular formula is C13H12O4. The Morgan fingerprint density at radius 3 is 2.65 bits per heavy atom. The molecule has 0 bridgehead atoms. The number of carboxylic acid groups (broad SMARTS) is 1. The van der Waals surface area contributed by atoms with Gasteiger partial charge in [0.2, 0.25) is 0 Å². The molecule has 0 saturated carbocycles. The van der Waals surface area contributed by atoms with Gasteiger partial charge in [-0.2, -0.15) is 0 Å². The first-order valence-electron chi connectivity index (χ1n) is 5.30. The number of aromatic carboxylic acids is 1. The van der Waals surface area contributed by atoms with Gasteiger partial charge in [0, 0.05) is 5.56 Å². The maximum Gasteiger partial charge on any atom is 0.351 e. The molecule has 4 heteroatoms. The molecule has 0 radical (unpaired) electrons. The summed E-state index contributed by atoms with van der Waals surface area (Å²) in [4.78, 5) is 22.4. The van der Waals surface area contributed by atoms with Crippen molar-refractivity contribution in [3.63, 3.8) is 0 Å². The topological polar surface area (TPSA) is 67.5 Å². The predicted octanol–water partition coefficient (Wildman–Crippen LogP) is 2.57. The fourth-order valence-corrected chi connectivity index (χ4v) is 1.73. The second-order valence-electron chi connectivity index (χ2n) is 4.17. The monoisotopic (exact) mass is 232 g/mol. The quantitative estimate of drug-likeness (QED) is 0.864. The van der Waals surface area contributed by atoms with Crippen molar-refractivity contribution in [1.29, 1.82) is 0 Å². The fourth-order valence-electron chi connectivity index (χ4n) is 1.73. The summed E-state index contributed by atoms with van der Waals surface area (Å²) in [5, 5.41) is 9.00. The second kappa shape index (κ2) is 4.05. The van der Waals surface area contributed by atoms with E-state index in [1.54, 1.807) is 18.2 Å². The van der Waals surface area contributed by atoms with Crippen LogP contribution in [0.1, 0.15) is 35.7 Å². The Morgan fingerprint density at radius 1 is 1.35 bits per heavy atom. The molecule has 0 spiro atoms. The van der Waals surface area contributed by atoms with Crippen LogP contribution in [0.15, 0.2) is 33.5 Å². The van der Waals surface area contributed by atoms with E-state index in [1.165, 1.54) is 0 Å². The molecule has 1 N–H and O–H groups in total. The molecular weight excluding hydrogens is 220 g/mol. The third-order valence-corrected chi connectivity index (χ3v) is 2.67. The molecule has 0 saturated heterocycles. The highest BCUT2D eigenvalue weighted by atomic mass is 16.4. The summed E-state index contributed by atoms with van der Waals surface area (Å²) in [6.07, 6.45) is 0. The first kappa shape index (κ1) is 11.4. The zero-order valence-electron chi connectivity index (χ0n) is 9.56. The van der Waals surface area contributed by atoms with Crippen LogP contribution in [0, 0.1) is 0 Å². The summed E-state index contributed by atoms with van der Waals surface area (Å²) in [5.74, 6) is -0.703. The van der Waals surface area contributed by atoms with Gasteiger partial charge in [0.15, 0.2) is 5.56 Å². The van der Waals surface area contributed by atoms with Crippen LogP contribution in [-0.4, -0.2) is 11.1 Å². The third-order valence-electron chi connectivity index (χ3n) is 2.67. The van der Waals surface area contributed by atoms with Gasteiger partial charge in [0.1, 0.15) is 5.76 Å². The summed E-state index contributed by atoms with van der Waals surface area (Å²) >= 11 is 0. The molecule has 0 fully saturated rings. The summed E-state index contributed by atoms with van der Waals surface area (Å²) < 4.78 is 4.92. The molecule has 1 aliphatic carbocycles. The zero-order chi connectivity index (χ0) is 12.6. The summed E-state index contributed by atoms with van der Waals surface area (Å²) in [7, 11) is 0. The van der Waals surface area contributed by atoms with E-state index in [2.05, 4.69) is 0 Å². The van der Waals surface area contributed by atoms with E-state index in [0.717, 1.165) is 5.56 Å². The van der Waals surface area contributed by atoms with E-state index in [9.17, 15) is 9.59 Å². The molecule has 4 nitrogen and oxygen atoms in total. The van der Waals surface area contributed by atoms with Crippen LogP contribution in [-0.2, 0) is 0 Å². The van der Waals surface area contributed by atoms with Crippen LogP contribution in [0.5, 0.6) is 0 Å². The van der Waals surface area contributed by atoms with E-state index in [1.807, 2.05) is 19.9 Å². The smallest absolute Gasteiger partial charge is 0.351 e. The van der Waals surface area contributed by atoms with Crippen LogP contribution in [0.25, 0.3) is 11.3 Å². The molecule has 0 aromatic heterocycles. The van der Waals surface area contributed by atoms with E-state index in [4.69, 9.17) is 9.52 Å². The fraction of sp³-hybridized carbons (Fsp3) is 0.231. The van der Waals surface area contributed by atoms with Gasteiger partial charge in [-0.25, -0.2) is 9.59 Å². The SMILES string of the molecule is CC(C)c1cccc2oc(=O)c(C(=O)O)c-2c1. The van der Waals surface area contributed by atoms with Crippen molar-refractivity contribution >= 4 is 5.97 Å².